The van der Waals surface area contributed by atoms with Crippen LogP contribution in [0.3, 0.4) is 0 Å². The number of oxime groups is 1. The molecular weight excluding hydrogens is 117 g/mol. The van der Waals surface area contributed by atoms with Gasteiger partial charge in [0.1, 0.15) is 12.7 Å². The molecule has 1 N–H and O–H groups in total. The van der Waals surface area contributed by atoms with Crippen molar-refractivity contribution in [3.05, 3.63) is 0 Å². The molecule has 4 heteroatoms. The monoisotopic (exact) mass is 123 g/mol. The second kappa shape index (κ2) is 2.82. The van der Waals surface area contributed by atoms with Crippen molar-refractivity contribution >= 4 is 18.6 Å². The minimum absolute atomic E-state index is 0. The van der Waals surface area contributed by atoms with Gasteiger partial charge in [0.25, 0.3) is 0 Å². The molecule has 0 aromatic carbocycles. The predicted molar refractivity (Wildman–Crippen MR) is 27.7 cm³/mol. The number of nitrogens with zero attached hydrogens (tertiary/aromatic N) is 1. The largest absolute Gasteiger partial charge is 0.393 e. The van der Waals surface area contributed by atoms with E-state index >= 15 is 0 Å². The molecule has 1 aliphatic rings. The number of halogens is 1. The van der Waals surface area contributed by atoms with Crippen LogP contribution in [0.2, 0.25) is 0 Å². The van der Waals surface area contributed by atoms with Crippen LogP contribution in [0, 0.1) is 0 Å². The quantitative estimate of drug-likeness (QED) is 0.484. The molecule has 1 rings (SSSR count). The van der Waals surface area contributed by atoms with Gasteiger partial charge in [-0.3, -0.25) is 0 Å². The Balaban J connectivity index is 0.000000360. The molecule has 0 spiro atoms. The molecule has 0 saturated carbocycles. The highest BCUT2D eigenvalue weighted by Crippen LogP contribution is 1.89. The first kappa shape index (κ1) is 6.72. The van der Waals surface area contributed by atoms with Gasteiger partial charge in [-0.2, -0.15) is 0 Å². The molecular formula is C3H6ClNO2. The van der Waals surface area contributed by atoms with E-state index in [1.165, 1.54) is 6.21 Å². The smallest absolute Gasteiger partial charge is 0.148 e. The summed E-state index contributed by atoms with van der Waals surface area (Å²) in [5.74, 6) is 0. The molecule has 0 aliphatic carbocycles. The van der Waals surface area contributed by atoms with Crippen LogP contribution in [0.1, 0.15) is 0 Å². The van der Waals surface area contributed by atoms with Gasteiger partial charge in [0.2, 0.25) is 0 Å². The lowest BCUT2D eigenvalue weighted by atomic mass is 10.4. The van der Waals surface area contributed by atoms with Crippen molar-refractivity contribution in [2.24, 2.45) is 5.16 Å². The van der Waals surface area contributed by atoms with Crippen molar-refractivity contribution in [2.75, 3.05) is 6.61 Å². The normalized spacial score (nSPS) is 26.1. The molecule has 0 aromatic rings. The number of hydrogen-bond acceptors (Lipinski definition) is 3. The fourth-order valence-corrected chi connectivity index (χ4v) is 0.276. The summed E-state index contributed by atoms with van der Waals surface area (Å²) in [7, 11) is 0. The Hall–Kier alpha value is -0.280. The third-order valence-electron chi connectivity index (χ3n) is 0.553. The Morgan fingerprint density at radius 3 is 2.71 bits per heavy atom. The van der Waals surface area contributed by atoms with Crippen molar-refractivity contribution in [1.82, 2.24) is 0 Å². The fraction of sp³-hybridized carbons (Fsp3) is 0.667. The first-order chi connectivity index (χ1) is 2.89. The predicted octanol–water partition coefficient (Wildman–Crippen LogP) is -0.215. The van der Waals surface area contributed by atoms with Gasteiger partial charge in [-0.05, 0) is 0 Å². The Bertz CT molecular complexity index is 75.3. The Morgan fingerprint density at radius 2 is 2.57 bits per heavy atom. The summed E-state index contributed by atoms with van der Waals surface area (Å²) in [4.78, 5) is 4.38. The van der Waals surface area contributed by atoms with Crippen molar-refractivity contribution < 1.29 is 9.94 Å². The van der Waals surface area contributed by atoms with E-state index in [-0.39, 0.29) is 12.4 Å². The maximum absolute atomic E-state index is 8.45. The highest BCUT2D eigenvalue weighted by atomic mass is 35.5. The van der Waals surface area contributed by atoms with E-state index in [2.05, 4.69) is 9.99 Å². The van der Waals surface area contributed by atoms with Gasteiger partial charge in [0, 0.05) is 0 Å². The zero-order chi connectivity index (χ0) is 4.41. The van der Waals surface area contributed by atoms with Crippen LogP contribution < -0.4 is 0 Å². The van der Waals surface area contributed by atoms with Crippen molar-refractivity contribution in [3.8, 4) is 0 Å². The van der Waals surface area contributed by atoms with E-state index in [1.807, 2.05) is 0 Å². The molecule has 1 atom stereocenters. The van der Waals surface area contributed by atoms with Crippen LogP contribution in [0.4, 0.5) is 0 Å². The Morgan fingerprint density at radius 1 is 1.86 bits per heavy atom. The first-order valence-electron chi connectivity index (χ1n) is 1.73. The van der Waals surface area contributed by atoms with Crippen LogP contribution in [0.15, 0.2) is 5.16 Å². The van der Waals surface area contributed by atoms with Crippen molar-refractivity contribution in [2.45, 2.75) is 6.10 Å². The van der Waals surface area contributed by atoms with Crippen LogP contribution in [-0.4, -0.2) is 24.0 Å². The Labute approximate surface area is 47.4 Å². The average Bonchev–Trinajstić information content (AvgIpc) is 1.86. The third-order valence-corrected chi connectivity index (χ3v) is 0.553. The third kappa shape index (κ3) is 1.75. The van der Waals surface area contributed by atoms with Crippen LogP contribution in [0.25, 0.3) is 0 Å². The molecule has 0 bridgehead atoms. The highest BCUT2D eigenvalue weighted by Gasteiger charge is 2.04. The van der Waals surface area contributed by atoms with E-state index in [9.17, 15) is 0 Å². The molecule has 0 amide bonds. The van der Waals surface area contributed by atoms with Crippen LogP contribution >= 0.6 is 12.4 Å². The molecule has 42 valence electrons. The van der Waals surface area contributed by atoms with E-state index in [0.29, 0.717) is 6.61 Å². The van der Waals surface area contributed by atoms with Crippen molar-refractivity contribution in [3.63, 3.8) is 0 Å². The summed E-state index contributed by atoms with van der Waals surface area (Å²) in [5.41, 5.74) is 0. The lowest BCUT2D eigenvalue weighted by molar-refractivity contribution is 0.106. The molecule has 0 radical (unpaired) electrons. The summed E-state index contributed by atoms with van der Waals surface area (Å²) < 4.78 is 0. The number of hydrogen-bond donors (Lipinski definition) is 1. The van der Waals surface area contributed by atoms with Gasteiger partial charge >= 0.3 is 0 Å². The second-order valence-corrected chi connectivity index (χ2v) is 1.12. The summed E-state index contributed by atoms with van der Waals surface area (Å²) in [6, 6.07) is 0. The topological polar surface area (TPSA) is 41.8 Å². The number of aliphatic hydroxyl groups excluding tert-OH is 1. The molecule has 7 heavy (non-hydrogen) atoms. The number of aliphatic hydroxyl groups is 1. The maximum atomic E-state index is 8.45. The fourth-order valence-electron chi connectivity index (χ4n) is 0.276. The highest BCUT2D eigenvalue weighted by molar-refractivity contribution is 5.85. The molecule has 0 saturated heterocycles. The summed E-state index contributed by atoms with van der Waals surface area (Å²) in [6.07, 6.45) is 0.894. The lowest BCUT2D eigenvalue weighted by Crippen LogP contribution is -2.06. The van der Waals surface area contributed by atoms with E-state index in [4.69, 9.17) is 5.11 Å². The van der Waals surface area contributed by atoms with Crippen LogP contribution in [0.5, 0.6) is 0 Å². The molecule has 1 aliphatic heterocycles. The van der Waals surface area contributed by atoms with Gasteiger partial charge in [-0.15, -0.1) is 12.4 Å². The minimum Gasteiger partial charge on any atom is -0.393 e. The molecule has 0 unspecified atom stereocenters. The van der Waals surface area contributed by atoms with Gasteiger partial charge in [-0.1, -0.05) is 5.16 Å². The summed E-state index contributed by atoms with van der Waals surface area (Å²) >= 11 is 0. The average molecular weight is 124 g/mol. The van der Waals surface area contributed by atoms with Gasteiger partial charge in [0.05, 0.1) is 6.21 Å². The summed E-state index contributed by atoms with van der Waals surface area (Å²) in [5, 5.41) is 11.7. The molecule has 0 aromatic heterocycles. The van der Waals surface area contributed by atoms with Crippen molar-refractivity contribution in [1.29, 1.82) is 0 Å². The Kier molecular flexibility index (Phi) is 2.71. The van der Waals surface area contributed by atoms with Gasteiger partial charge in [-0.25, -0.2) is 0 Å². The zero-order valence-corrected chi connectivity index (χ0v) is 4.39. The molecule has 0 fully saturated rings. The van der Waals surface area contributed by atoms with E-state index < -0.39 is 6.10 Å². The van der Waals surface area contributed by atoms with E-state index in [1.54, 1.807) is 0 Å². The summed E-state index contributed by atoms with van der Waals surface area (Å²) in [6.45, 7) is 0.319. The standard InChI is InChI=1S/C3H5NO2.ClH/c5-3-1-4-6-2-3;/h1,3,5H,2H2;1H/t3-;/m1./s1. The van der Waals surface area contributed by atoms with Gasteiger partial charge < -0.3 is 9.94 Å². The van der Waals surface area contributed by atoms with Gasteiger partial charge in [0.15, 0.2) is 0 Å². The minimum atomic E-state index is -0.468. The molecule has 1 heterocycles. The van der Waals surface area contributed by atoms with Crippen LogP contribution in [-0.2, 0) is 4.84 Å². The van der Waals surface area contributed by atoms with E-state index in [0.717, 1.165) is 0 Å². The number of rotatable bonds is 0. The second-order valence-electron chi connectivity index (χ2n) is 1.12. The zero-order valence-electron chi connectivity index (χ0n) is 3.57. The molecule has 3 nitrogen and oxygen atoms in total. The maximum Gasteiger partial charge on any atom is 0.148 e. The lowest BCUT2D eigenvalue weighted by Gasteiger charge is -1.86. The first-order valence-corrected chi connectivity index (χ1v) is 1.73. The SMILES string of the molecule is Cl.O[C@@H]1C=NOC1.